The van der Waals surface area contributed by atoms with Gasteiger partial charge in [-0.15, -0.1) is 0 Å². The van der Waals surface area contributed by atoms with Crippen molar-refractivity contribution in [1.29, 1.82) is 0 Å². The number of anilines is 2. The van der Waals surface area contributed by atoms with E-state index in [0.717, 1.165) is 11.3 Å². The maximum Gasteiger partial charge on any atom is 0.128 e. The van der Waals surface area contributed by atoms with Crippen LogP contribution in [0, 0.1) is 12.7 Å². The fourth-order valence-corrected chi connectivity index (χ4v) is 2.16. The Bertz CT molecular complexity index is 599. The summed E-state index contributed by atoms with van der Waals surface area (Å²) in [5.74, 6) is -0.221. The summed E-state index contributed by atoms with van der Waals surface area (Å²) in [5.41, 5.74) is 8.73. The lowest BCUT2D eigenvalue weighted by Gasteiger charge is -2.18. The summed E-state index contributed by atoms with van der Waals surface area (Å²) in [7, 11) is 0. The molecule has 0 aliphatic rings. The van der Waals surface area contributed by atoms with Crippen molar-refractivity contribution in [3.63, 3.8) is 0 Å². The highest BCUT2D eigenvalue weighted by Crippen LogP contribution is 2.29. The summed E-state index contributed by atoms with van der Waals surface area (Å²) in [4.78, 5) is 0. The summed E-state index contributed by atoms with van der Waals surface area (Å²) >= 11 is 6.01. The lowest BCUT2D eigenvalue weighted by molar-refractivity contribution is 0.600. The van der Waals surface area contributed by atoms with E-state index in [1.165, 1.54) is 6.07 Å². The predicted octanol–water partition coefficient (Wildman–Crippen LogP) is 4.54. The molecule has 2 rings (SSSR count). The molecule has 0 bridgehead atoms. The maximum atomic E-state index is 13.7. The lowest BCUT2D eigenvalue weighted by atomic mass is 10.1. The summed E-state index contributed by atoms with van der Waals surface area (Å²) in [6, 6.07) is 10.1. The van der Waals surface area contributed by atoms with Gasteiger partial charge in [0, 0.05) is 11.3 Å². The van der Waals surface area contributed by atoms with Gasteiger partial charge >= 0.3 is 0 Å². The first-order chi connectivity index (χ1) is 8.99. The minimum Gasteiger partial charge on any atom is -0.398 e. The quantitative estimate of drug-likeness (QED) is 0.809. The Labute approximate surface area is 117 Å². The van der Waals surface area contributed by atoms with Crippen LogP contribution in [0.25, 0.3) is 0 Å². The zero-order valence-electron chi connectivity index (χ0n) is 10.9. The van der Waals surface area contributed by atoms with E-state index in [0.29, 0.717) is 16.3 Å². The molecule has 1 unspecified atom stereocenters. The minimum atomic E-state index is -0.221. The van der Waals surface area contributed by atoms with Crippen LogP contribution in [0.2, 0.25) is 5.02 Å². The second-order valence-corrected chi connectivity index (χ2v) is 4.98. The molecule has 0 saturated heterocycles. The molecule has 1 atom stereocenters. The van der Waals surface area contributed by atoms with Gasteiger partial charge in [-0.05, 0) is 37.6 Å². The van der Waals surface area contributed by atoms with Gasteiger partial charge in [-0.25, -0.2) is 4.39 Å². The molecular formula is C15H16ClFN2. The fourth-order valence-electron chi connectivity index (χ4n) is 2.00. The molecule has 0 aromatic heterocycles. The predicted molar refractivity (Wildman–Crippen MR) is 79.0 cm³/mol. The largest absolute Gasteiger partial charge is 0.398 e. The molecule has 2 nitrogen and oxygen atoms in total. The molecule has 4 heteroatoms. The Morgan fingerprint density at radius 1 is 1.26 bits per heavy atom. The van der Waals surface area contributed by atoms with Crippen molar-refractivity contribution in [3.8, 4) is 0 Å². The molecule has 0 spiro atoms. The van der Waals surface area contributed by atoms with Crippen molar-refractivity contribution in [2.75, 3.05) is 11.1 Å². The lowest BCUT2D eigenvalue weighted by Crippen LogP contribution is -2.09. The molecular weight excluding hydrogens is 263 g/mol. The van der Waals surface area contributed by atoms with E-state index in [2.05, 4.69) is 5.32 Å². The third-order valence-electron chi connectivity index (χ3n) is 3.09. The number of halogens is 2. The van der Waals surface area contributed by atoms with Crippen LogP contribution in [0.4, 0.5) is 15.8 Å². The molecule has 0 heterocycles. The van der Waals surface area contributed by atoms with Gasteiger partial charge in [-0.3, -0.25) is 0 Å². The Kier molecular flexibility index (Phi) is 3.96. The van der Waals surface area contributed by atoms with Gasteiger partial charge in [0.15, 0.2) is 0 Å². The maximum absolute atomic E-state index is 13.7. The van der Waals surface area contributed by atoms with Gasteiger partial charge in [0.05, 0.1) is 16.8 Å². The third-order valence-corrected chi connectivity index (χ3v) is 3.41. The summed E-state index contributed by atoms with van der Waals surface area (Å²) in [6.45, 7) is 3.84. The van der Waals surface area contributed by atoms with Crippen molar-refractivity contribution < 1.29 is 4.39 Å². The second-order valence-electron chi connectivity index (χ2n) is 4.58. The van der Waals surface area contributed by atoms with Crippen molar-refractivity contribution in [2.24, 2.45) is 0 Å². The van der Waals surface area contributed by atoms with Gasteiger partial charge in [0.2, 0.25) is 0 Å². The number of nitrogens with one attached hydrogen (secondary N) is 1. The van der Waals surface area contributed by atoms with E-state index in [9.17, 15) is 4.39 Å². The number of nitrogen functional groups attached to an aromatic ring is 1. The second kappa shape index (κ2) is 5.49. The van der Waals surface area contributed by atoms with E-state index >= 15 is 0 Å². The number of hydrogen-bond donors (Lipinski definition) is 2. The van der Waals surface area contributed by atoms with Crippen LogP contribution in [-0.4, -0.2) is 0 Å². The van der Waals surface area contributed by atoms with E-state index in [4.69, 9.17) is 17.3 Å². The topological polar surface area (TPSA) is 38.0 Å². The van der Waals surface area contributed by atoms with Crippen LogP contribution < -0.4 is 11.1 Å². The molecule has 2 aromatic carbocycles. The summed E-state index contributed by atoms with van der Waals surface area (Å²) < 4.78 is 13.7. The molecule has 0 fully saturated rings. The molecule has 0 saturated carbocycles. The molecule has 0 aliphatic carbocycles. The standard InChI is InChI=1S/C15H16ClFN2/c1-9-7-14(18)12(16)8-15(9)19-10(2)11-5-3-4-6-13(11)17/h3-8,10,19H,18H2,1-2H3. The zero-order valence-corrected chi connectivity index (χ0v) is 11.6. The monoisotopic (exact) mass is 278 g/mol. The van der Waals surface area contributed by atoms with Crippen LogP contribution in [0.5, 0.6) is 0 Å². The Morgan fingerprint density at radius 3 is 2.63 bits per heavy atom. The van der Waals surface area contributed by atoms with Crippen molar-refractivity contribution in [2.45, 2.75) is 19.9 Å². The van der Waals surface area contributed by atoms with Crippen LogP contribution in [0.3, 0.4) is 0 Å². The number of benzene rings is 2. The number of nitrogens with two attached hydrogens (primary N) is 1. The third kappa shape index (κ3) is 2.99. The first kappa shape index (κ1) is 13.7. The highest BCUT2D eigenvalue weighted by atomic mass is 35.5. The molecule has 0 amide bonds. The van der Waals surface area contributed by atoms with Gasteiger partial charge in [0.1, 0.15) is 5.82 Å². The average molecular weight is 279 g/mol. The minimum absolute atomic E-state index is 0.153. The number of hydrogen-bond acceptors (Lipinski definition) is 2. The van der Waals surface area contributed by atoms with Crippen LogP contribution >= 0.6 is 11.6 Å². The van der Waals surface area contributed by atoms with E-state index in [1.807, 2.05) is 19.9 Å². The van der Waals surface area contributed by atoms with E-state index < -0.39 is 0 Å². The van der Waals surface area contributed by atoms with Gasteiger partial charge in [-0.2, -0.15) is 0 Å². The summed E-state index contributed by atoms with van der Waals surface area (Å²) in [6.07, 6.45) is 0. The van der Waals surface area contributed by atoms with Gasteiger partial charge in [0.25, 0.3) is 0 Å². The highest BCUT2D eigenvalue weighted by molar-refractivity contribution is 6.33. The number of rotatable bonds is 3. The Balaban J connectivity index is 2.27. The van der Waals surface area contributed by atoms with Gasteiger partial charge in [-0.1, -0.05) is 29.8 Å². The van der Waals surface area contributed by atoms with Gasteiger partial charge < -0.3 is 11.1 Å². The molecule has 3 N–H and O–H groups in total. The van der Waals surface area contributed by atoms with Crippen LogP contribution in [-0.2, 0) is 0 Å². The van der Waals surface area contributed by atoms with E-state index in [-0.39, 0.29) is 11.9 Å². The van der Waals surface area contributed by atoms with Crippen molar-refractivity contribution in [1.82, 2.24) is 0 Å². The fraction of sp³-hybridized carbons (Fsp3) is 0.200. The highest BCUT2D eigenvalue weighted by Gasteiger charge is 2.12. The molecule has 2 aromatic rings. The van der Waals surface area contributed by atoms with E-state index in [1.54, 1.807) is 24.3 Å². The average Bonchev–Trinajstić information content (AvgIpc) is 2.36. The Hall–Kier alpha value is -1.74. The molecule has 100 valence electrons. The molecule has 0 aliphatic heterocycles. The molecule has 0 radical (unpaired) electrons. The smallest absolute Gasteiger partial charge is 0.128 e. The first-order valence-corrected chi connectivity index (χ1v) is 6.43. The normalized spacial score (nSPS) is 12.2. The first-order valence-electron chi connectivity index (χ1n) is 6.05. The van der Waals surface area contributed by atoms with Crippen LogP contribution in [0.1, 0.15) is 24.1 Å². The zero-order chi connectivity index (χ0) is 14.0. The Morgan fingerprint density at radius 2 is 1.95 bits per heavy atom. The SMILES string of the molecule is Cc1cc(N)c(Cl)cc1NC(C)c1ccccc1F. The molecule has 19 heavy (non-hydrogen) atoms. The van der Waals surface area contributed by atoms with Crippen LogP contribution in [0.15, 0.2) is 36.4 Å². The van der Waals surface area contributed by atoms with Crippen molar-refractivity contribution >= 4 is 23.0 Å². The van der Waals surface area contributed by atoms with Crippen molar-refractivity contribution in [3.05, 3.63) is 58.4 Å². The summed E-state index contributed by atoms with van der Waals surface area (Å²) in [5, 5.41) is 3.75. The number of aryl methyl sites for hydroxylation is 1.